The first-order chi connectivity index (χ1) is 7.51. The quantitative estimate of drug-likeness (QED) is 0.558. The molecular weight excluding hydrogens is 410 g/mol. The Morgan fingerprint density at radius 3 is 2.50 bits per heavy atom. The van der Waals surface area contributed by atoms with Crippen LogP contribution in [-0.4, -0.2) is 25.2 Å². The molecule has 1 rings (SSSR count). The third kappa shape index (κ3) is 2.95. The van der Waals surface area contributed by atoms with Crippen molar-refractivity contribution in [3.8, 4) is 5.88 Å². The van der Waals surface area contributed by atoms with E-state index in [0.29, 0.717) is 21.6 Å². The van der Waals surface area contributed by atoms with Gasteiger partial charge in [0.2, 0.25) is 5.88 Å². The molecule has 1 heterocycles. The van der Waals surface area contributed by atoms with E-state index in [1.807, 2.05) is 0 Å². The first kappa shape index (κ1) is 13.9. The van der Waals surface area contributed by atoms with Gasteiger partial charge in [0.05, 0.1) is 29.9 Å². The lowest BCUT2D eigenvalue weighted by atomic mass is 10.2. The number of alkyl halides is 2. The number of rotatable bonds is 3. The van der Waals surface area contributed by atoms with Crippen LogP contribution in [0.25, 0.3) is 0 Å². The fourth-order valence-corrected chi connectivity index (χ4v) is 2.25. The van der Waals surface area contributed by atoms with Crippen LogP contribution in [0.2, 0.25) is 0 Å². The summed E-state index contributed by atoms with van der Waals surface area (Å²) >= 11 is 9.85. The topological polar surface area (TPSA) is 48.4 Å². The minimum absolute atomic E-state index is 0.254. The molecule has 0 aliphatic carbocycles. The van der Waals surface area contributed by atoms with Crippen LogP contribution in [0.15, 0.2) is 10.5 Å². The monoisotopic (exact) mass is 415 g/mol. The highest BCUT2D eigenvalue weighted by Gasteiger charge is 2.20. The average molecular weight is 418 g/mol. The van der Waals surface area contributed by atoms with Crippen molar-refractivity contribution in [2.24, 2.45) is 0 Å². The third-order valence-electron chi connectivity index (χ3n) is 1.78. The van der Waals surface area contributed by atoms with E-state index in [9.17, 15) is 4.79 Å². The lowest BCUT2D eigenvalue weighted by Gasteiger charge is -2.11. The molecule has 0 aromatic carbocycles. The number of nitrogens with zero attached hydrogens (tertiary/aromatic N) is 1. The zero-order chi connectivity index (χ0) is 12.3. The number of methoxy groups -OCH3 is 2. The summed E-state index contributed by atoms with van der Waals surface area (Å²) in [5.74, 6) is -0.0405. The fraction of sp³-hybridized carbons (Fsp3) is 0.333. The summed E-state index contributed by atoms with van der Waals surface area (Å²) in [5.41, 5.74) is 0.876. The van der Waals surface area contributed by atoms with Gasteiger partial charge in [-0.05, 0) is 22.0 Å². The summed E-state index contributed by atoms with van der Waals surface area (Å²) in [7, 11) is 2.83. The number of halogens is 3. The van der Waals surface area contributed by atoms with Gasteiger partial charge in [-0.3, -0.25) is 0 Å². The molecule has 0 aliphatic rings. The molecule has 0 unspecified atom stereocenters. The number of aromatic nitrogens is 1. The van der Waals surface area contributed by atoms with Crippen molar-refractivity contribution in [1.29, 1.82) is 0 Å². The van der Waals surface area contributed by atoms with Gasteiger partial charge in [0.15, 0.2) is 0 Å². The molecule has 0 saturated carbocycles. The van der Waals surface area contributed by atoms with Crippen molar-refractivity contribution < 1.29 is 14.3 Å². The number of hydrogen-bond acceptors (Lipinski definition) is 4. The Hall–Kier alpha value is -0.140. The molecule has 0 saturated heterocycles. The van der Waals surface area contributed by atoms with Crippen LogP contribution in [0.3, 0.4) is 0 Å². The van der Waals surface area contributed by atoms with Crippen molar-refractivity contribution in [2.45, 2.75) is 3.74 Å². The largest absolute Gasteiger partial charge is 0.480 e. The van der Waals surface area contributed by atoms with Gasteiger partial charge in [-0.25, -0.2) is 9.78 Å². The van der Waals surface area contributed by atoms with Gasteiger partial charge in [0.25, 0.3) is 0 Å². The highest BCUT2D eigenvalue weighted by atomic mass is 79.9. The lowest BCUT2D eigenvalue weighted by molar-refractivity contribution is 0.0599. The van der Waals surface area contributed by atoms with Gasteiger partial charge >= 0.3 is 5.97 Å². The van der Waals surface area contributed by atoms with Crippen LogP contribution in [0.1, 0.15) is 19.8 Å². The molecule has 88 valence electrons. The molecule has 7 heteroatoms. The van der Waals surface area contributed by atoms with E-state index in [2.05, 4.69) is 57.5 Å². The molecule has 0 bridgehead atoms. The Labute approximate surface area is 118 Å². The summed E-state index contributed by atoms with van der Waals surface area (Å²) in [4.78, 5) is 15.7. The van der Waals surface area contributed by atoms with E-state index in [4.69, 9.17) is 4.74 Å². The van der Waals surface area contributed by atoms with Gasteiger partial charge in [0, 0.05) is 0 Å². The molecular formula is C9H8Br3NO3. The highest BCUT2D eigenvalue weighted by Crippen LogP contribution is 2.35. The number of esters is 1. The van der Waals surface area contributed by atoms with Crippen LogP contribution in [0.4, 0.5) is 0 Å². The molecule has 0 radical (unpaired) electrons. The minimum Gasteiger partial charge on any atom is -0.480 e. The molecule has 0 fully saturated rings. The fourth-order valence-electron chi connectivity index (χ4n) is 1.07. The number of carbonyl (C=O) groups is 1. The van der Waals surface area contributed by atoms with Gasteiger partial charge in [-0.1, -0.05) is 31.9 Å². The Bertz CT molecular complexity index is 409. The van der Waals surface area contributed by atoms with Gasteiger partial charge < -0.3 is 9.47 Å². The van der Waals surface area contributed by atoms with Crippen LogP contribution >= 0.6 is 47.8 Å². The number of hydrogen-bond donors (Lipinski definition) is 0. The maximum atomic E-state index is 11.5. The van der Waals surface area contributed by atoms with Crippen LogP contribution < -0.4 is 4.74 Å². The Balaban J connectivity index is 3.36. The zero-order valence-corrected chi connectivity index (χ0v) is 13.2. The second-order valence-electron chi connectivity index (χ2n) is 2.70. The number of pyridine rings is 1. The van der Waals surface area contributed by atoms with Crippen molar-refractivity contribution in [3.63, 3.8) is 0 Å². The molecule has 0 N–H and O–H groups in total. The molecule has 4 nitrogen and oxygen atoms in total. The van der Waals surface area contributed by atoms with Gasteiger partial charge in [-0.2, -0.15) is 0 Å². The molecule has 0 aliphatic heterocycles. The molecule has 0 atom stereocenters. The Kier molecular flexibility index (Phi) is 5.20. The summed E-state index contributed by atoms with van der Waals surface area (Å²) in [6.07, 6.45) is 0. The molecule has 0 amide bonds. The number of ether oxygens (including phenoxy) is 2. The predicted octanol–water partition coefficient (Wildman–Crippen LogP) is 3.43. The van der Waals surface area contributed by atoms with E-state index >= 15 is 0 Å². The molecule has 16 heavy (non-hydrogen) atoms. The van der Waals surface area contributed by atoms with Crippen molar-refractivity contribution in [2.75, 3.05) is 14.2 Å². The normalized spacial score (nSPS) is 10.4. The van der Waals surface area contributed by atoms with Gasteiger partial charge in [-0.15, -0.1) is 0 Å². The second-order valence-corrected chi connectivity index (χ2v) is 6.62. The lowest BCUT2D eigenvalue weighted by Crippen LogP contribution is -2.08. The zero-order valence-electron chi connectivity index (χ0n) is 8.46. The molecule has 1 aromatic heterocycles. The van der Waals surface area contributed by atoms with E-state index in [1.165, 1.54) is 14.2 Å². The first-order valence-corrected chi connectivity index (χ1v) is 6.74. The van der Waals surface area contributed by atoms with Crippen molar-refractivity contribution in [1.82, 2.24) is 4.98 Å². The smallest absolute Gasteiger partial charge is 0.339 e. The van der Waals surface area contributed by atoms with E-state index in [0.717, 1.165) is 0 Å². The summed E-state index contributed by atoms with van der Waals surface area (Å²) in [6.45, 7) is 0. The van der Waals surface area contributed by atoms with Crippen LogP contribution in [0, 0.1) is 0 Å². The summed E-state index contributed by atoms with van der Waals surface area (Å²) in [6, 6.07) is 1.61. The molecule has 0 spiro atoms. The number of carbonyl (C=O) groups excluding carboxylic acids is 1. The van der Waals surface area contributed by atoms with Crippen LogP contribution in [0.5, 0.6) is 5.88 Å². The van der Waals surface area contributed by atoms with E-state index in [-0.39, 0.29) is 3.74 Å². The first-order valence-electron chi connectivity index (χ1n) is 4.12. The molecule has 1 aromatic rings. The second kappa shape index (κ2) is 5.97. The Morgan fingerprint density at radius 1 is 1.44 bits per heavy atom. The standard InChI is InChI=1S/C9H8Br3NO3/c1-15-8-5(10)3-4(9(14)16-2)6(13-8)7(11)12/h3,7H,1-2H3. The summed E-state index contributed by atoms with van der Waals surface area (Å²) < 4.78 is 10.1. The maximum Gasteiger partial charge on any atom is 0.339 e. The predicted molar refractivity (Wildman–Crippen MR) is 70.4 cm³/mol. The van der Waals surface area contributed by atoms with E-state index in [1.54, 1.807) is 6.07 Å². The summed E-state index contributed by atoms with van der Waals surface area (Å²) in [5, 5.41) is 0. The third-order valence-corrected chi connectivity index (χ3v) is 3.21. The minimum atomic E-state index is -0.449. The van der Waals surface area contributed by atoms with Crippen molar-refractivity contribution >= 4 is 53.8 Å². The maximum absolute atomic E-state index is 11.5. The van der Waals surface area contributed by atoms with Gasteiger partial charge in [0.1, 0.15) is 3.74 Å². The van der Waals surface area contributed by atoms with Crippen molar-refractivity contribution in [3.05, 3.63) is 21.8 Å². The Morgan fingerprint density at radius 2 is 2.06 bits per heavy atom. The average Bonchev–Trinajstić information content (AvgIpc) is 2.27. The van der Waals surface area contributed by atoms with E-state index < -0.39 is 5.97 Å². The van der Waals surface area contributed by atoms with Crippen LogP contribution in [-0.2, 0) is 4.74 Å². The SMILES string of the molecule is COC(=O)c1cc(Br)c(OC)nc1C(Br)Br. The highest BCUT2D eigenvalue weighted by molar-refractivity contribution is 9.24.